The SMILES string of the molecule is Cc1nc(Cc2noc(Cc3ccccc3O)n2)cs1. The zero-order valence-corrected chi connectivity index (χ0v) is 11.7. The normalized spacial score (nSPS) is 10.8. The highest BCUT2D eigenvalue weighted by Crippen LogP contribution is 2.19. The van der Waals surface area contributed by atoms with Gasteiger partial charge in [0.05, 0.1) is 23.5 Å². The summed E-state index contributed by atoms with van der Waals surface area (Å²) in [5.41, 5.74) is 1.72. The van der Waals surface area contributed by atoms with Gasteiger partial charge in [-0.15, -0.1) is 11.3 Å². The Labute approximate surface area is 119 Å². The Hall–Kier alpha value is -2.21. The molecule has 1 aromatic carbocycles. The van der Waals surface area contributed by atoms with Crippen molar-refractivity contribution in [3.8, 4) is 5.75 Å². The monoisotopic (exact) mass is 287 g/mol. The third-order valence-electron chi connectivity index (χ3n) is 2.85. The van der Waals surface area contributed by atoms with Crippen LogP contribution in [-0.4, -0.2) is 20.2 Å². The lowest BCUT2D eigenvalue weighted by atomic mass is 10.1. The summed E-state index contributed by atoms with van der Waals surface area (Å²) in [5, 5.41) is 16.7. The number of hydrogen-bond acceptors (Lipinski definition) is 6. The largest absolute Gasteiger partial charge is 0.508 e. The number of nitrogens with zero attached hydrogens (tertiary/aromatic N) is 3. The minimum absolute atomic E-state index is 0.238. The highest BCUT2D eigenvalue weighted by atomic mass is 32.1. The van der Waals surface area contributed by atoms with Crippen molar-refractivity contribution in [2.24, 2.45) is 0 Å². The molecule has 3 rings (SSSR count). The third-order valence-corrected chi connectivity index (χ3v) is 3.67. The van der Waals surface area contributed by atoms with Crippen LogP contribution in [0.1, 0.15) is 28.0 Å². The number of rotatable bonds is 4. The van der Waals surface area contributed by atoms with Crippen molar-refractivity contribution in [2.75, 3.05) is 0 Å². The first kappa shape index (κ1) is 12.8. The first-order chi connectivity index (χ1) is 9.70. The first-order valence-electron chi connectivity index (χ1n) is 6.20. The number of thiazole rings is 1. The number of benzene rings is 1. The van der Waals surface area contributed by atoms with Crippen LogP contribution in [0, 0.1) is 6.92 Å². The molecule has 2 heterocycles. The van der Waals surface area contributed by atoms with E-state index in [2.05, 4.69) is 15.1 Å². The number of hydrogen-bond donors (Lipinski definition) is 1. The zero-order chi connectivity index (χ0) is 13.9. The maximum atomic E-state index is 9.72. The van der Waals surface area contributed by atoms with E-state index >= 15 is 0 Å². The lowest BCUT2D eigenvalue weighted by Gasteiger charge is -1.99. The summed E-state index contributed by atoms with van der Waals surface area (Å²) in [5.74, 6) is 1.34. The molecule has 0 aliphatic heterocycles. The highest BCUT2D eigenvalue weighted by Gasteiger charge is 2.11. The maximum Gasteiger partial charge on any atom is 0.231 e. The summed E-state index contributed by atoms with van der Waals surface area (Å²) >= 11 is 1.60. The van der Waals surface area contributed by atoms with E-state index in [1.807, 2.05) is 24.4 Å². The Bertz CT molecular complexity index is 721. The van der Waals surface area contributed by atoms with Gasteiger partial charge in [0, 0.05) is 10.9 Å². The van der Waals surface area contributed by atoms with E-state index in [0.29, 0.717) is 24.6 Å². The maximum absolute atomic E-state index is 9.72. The molecule has 0 saturated heterocycles. The minimum atomic E-state index is 0.238. The fourth-order valence-electron chi connectivity index (χ4n) is 1.91. The van der Waals surface area contributed by atoms with Crippen LogP contribution in [0.2, 0.25) is 0 Å². The smallest absolute Gasteiger partial charge is 0.231 e. The minimum Gasteiger partial charge on any atom is -0.508 e. The summed E-state index contributed by atoms with van der Waals surface area (Å²) in [6, 6.07) is 7.13. The molecule has 102 valence electrons. The van der Waals surface area contributed by atoms with Gasteiger partial charge in [0.15, 0.2) is 5.82 Å². The summed E-state index contributed by atoms with van der Waals surface area (Å²) in [7, 11) is 0. The van der Waals surface area contributed by atoms with Crippen molar-refractivity contribution >= 4 is 11.3 Å². The quantitative estimate of drug-likeness (QED) is 0.798. The predicted octanol–water partition coefficient (Wildman–Crippen LogP) is 2.72. The summed E-state index contributed by atoms with van der Waals surface area (Å²) in [6.45, 7) is 1.97. The van der Waals surface area contributed by atoms with Crippen LogP contribution in [0.15, 0.2) is 34.2 Å². The molecule has 3 aromatic rings. The first-order valence-corrected chi connectivity index (χ1v) is 7.08. The van der Waals surface area contributed by atoms with E-state index in [1.54, 1.807) is 23.5 Å². The molecule has 5 nitrogen and oxygen atoms in total. The fraction of sp³-hybridized carbons (Fsp3) is 0.214. The number of para-hydroxylation sites is 1. The molecule has 20 heavy (non-hydrogen) atoms. The molecule has 0 bridgehead atoms. The van der Waals surface area contributed by atoms with Gasteiger partial charge in [-0.3, -0.25) is 0 Å². The molecule has 0 amide bonds. The molecule has 0 radical (unpaired) electrons. The van der Waals surface area contributed by atoms with Gasteiger partial charge in [0.2, 0.25) is 5.89 Å². The van der Waals surface area contributed by atoms with Crippen molar-refractivity contribution in [1.29, 1.82) is 0 Å². The van der Waals surface area contributed by atoms with E-state index < -0.39 is 0 Å². The molecule has 2 aromatic heterocycles. The molecule has 0 atom stereocenters. The van der Waals surface area contributed by atoms with Gasteiger partial charge in [-0.1, -0.05) is 23.4 Å². The van der Waals surface area contributed by atoms with Crippen LogP contribution in [0.25, 0.3) is 0 Å². The molecule has 1 N–H and O–H groups in total. The average Bonchev–Trinajstić information content (AvgIpc) is 3.02. The molecule has 0 aliphatic rings. The second kappa shape index (κ2) is 5.42. The average molecular weight is 287 g/mol. The van der Waals surface area contributed by atoms with Gasteiger partial charge in [-0.25, -0.2) is 4.98 Å². The van der Waals surface area contributed by atoms with Crippen LogP contribution in [0.3, 0.4) is 0 Å². The van der Waals surface area contributed by atoms with E-state index in [0.717, 1.165) is 16.3 Å². The highest BCUT2D eigenvalue weighted by molar-refractivity contribution is 7.09. The number of aryl methyl sites for hydroxylation is 1. The van der Waals surface area contributed by atoms with Crippen LogP contribution in [0.5, 0.6) is 5.75 Å². The van der Waals surface area contributed by atoms with Gasteiger partial charge >= 0.3 is 0 Å². The standard InChI is InChI=1S/C14H13N3O2S/c1-9-15-11(8-20-9)7-13-16-14(19-17-13)6-10-4-2-3-5-12(10)18/h2-5,8,18H,6-7H2,1H3. The van der Waals surface area contributed by atoms with Gasteiger partial charge in [0.1, 0.15) is 5.75 Å². The molecule has 0 aliphatic carbocycles. The van der Waals surface area contributed by atoms with Crippen molar-refractivity contribution < 1.29 is 9.63 Å². The lowest BCUT2D eigenvalue weighted by Crippen LogP contribution is -1.93. The Morgan fingerprint density at radius 1 is 1.20 bits per heavy atom. The summed E-state index contributed by atoms with van der Waals surface area (Å²) in [4.78, 5) is 8.70. The summed E-state index contributed by atoms with van der Waals surface area (Å²) in [6.07, 6.45) is 0.990. The third kappa shape index (κ3) is 2.85. The predicted molar refractivity (Wildman–Crippen MR) is 74.9 cm³/mol. The van der Waals surface area contributed by atoms with Crippen molar-refractivity contribution in [3.05, 3.63) is 57.6 Å². The van der Waals surface area contributed by atoms with Crippen LogP contribution in [-0.2, 0) is 12.8 Å². The van der Waals surface area contributed by atoms with E-state index in [-0.39, 0.29) is 5.75 Å². The molecular weight excluding hydrogens is 274 g/mol. The van der Waals surface area contributed by atoms with Gasteiger partial charge in [-0.2, -0.15) is 4.98 Å². The molecular formula is C14H13N3O2S. The molecule has 6 heteroatoms. The zero-order valence-electron chi connectivity index (χ0n) is 10.9. The topological polar surface area (TPSA) is 72.0 Å². The fourth-order valence-corrected chi connectivity index (χ4v) is 2.52. The second-order valence-electron chi connectivity index (χ2n) is 4.44. The Morgan fingerprint density at radius 3 is 2.80 bits per heavy atom. The van der Waals surface area contributed by atoms with Crippen molar-refractivity contribution in [3.63, 3.8) is 0 Å². The van der Waals surface area contributed by atoms with E-state index in [9.17, 15) is 5.11 Å². The van der Waals surface area contributed by atoms with E-state index in [1.165, 1.54) is 0 Å². The molecule has 0 spiro atoms. The van der Waals surface area contributed by atoms with E-state index in [4.69, 9.17) is 4.52 Å². The number of phenols is 1. The number of phenolic OH excluding ortho intramolecular Hbond substituents is 1. The molecule has 0 unspecified atom stereocenters. The Balaban J connectivity index is 1.72. The second-order valence-corrected chi connectivity index (χ2v) is 5.51. The van der Waals surface area contributed by atoms with Crippen molar-refractivity contribution in [1.82, 2.24) is 15.1 Å². The van der Waals surface area contributed by atoms with Gasteiger partial charge < -0.3 is 9.63 Å². The van der Waals surface area contributed by atoms with Crippen LogP contribution in [0.4, 0.5) is 0 Å². The van der Waals surface area contributed by atoms with Gasteiger partial charge in [0.25, 0.3) is 0 Å². The number of aromatic hydroxyl groups is 1. The Morgan fingerprint density at radius 2 is 2.05 bits per heavy atom. The van der Waals surface area contributed by atoms with Crippen LogP contribution < -0.4 is 0 Å². The van der Waals surface area contributed by atoms with Crippen molar-refractivity contribution in [2.45, 2.75) is 19.8 Å². The van der Waals surface area contributed by atoms with Crippen LogP contribution >= 0.6 is 11.3 Å². The Kier molecular flexibility index (Phi) is 3.47. The van der Waals surface area contributed by atoms with Gasteiger partial charge in [-0.05, 0) is 13.0 Å². The lowest BCUT2D eigenvalue weighted by molar-refractivity contribution is 0.378. The molecule has 0 saturated carbocycles. The molecule has 0 fully saturated rings. The summed E-state index contributed by atoms with van der Waals surface area (Å²) < 4.78 is 5.21. The number of aromatic nitrogens is 3.